The van der Waals surface area contributed by atoms with Crippen molar-refractivity contribution < 1.29 is 18.7 Å². The van der Waals surface area contributed by atoms with E-state index in [0.717, 1.165) is 61.4 Å². The first kappa shape index (κ1) is 32.6. The van der Waals surface area contributed by atoms with Gasteiger partial charge in [-0.3, -0.25) is 14.6 Å². The Balaban J connectivity index is 1.08. The average Bonchev–Trinajstić information content (AvgIpc) is 3.42. The first-order valence-corrected chi connectivity index (χ1v) is 16.9. The summed E-state index contributed by atoms with van der Waals surface area (Å²) in [7, 11) is 0. The molecular formula is C36H41Cl2FN4O3. The van der Waals surface area contributed by atoms with Crippen LogP contribution in [0.3, 0.4) is 0 Å². The van der Waals surface area contributed by atoms with Gasteiger partial charge in [0.05, 0.1) is 27.2 Å². The highest BCUT2D eigenvalue weighted by Gasteiger charge is 2.38. The molecule has 10 heteroatoms. The number of nitrogens with zero attached hydrogens (tertiary/aromatic N) is 3. The molecule has 0 unspecified atom stereocenters. The molecule has 46 heavy (non-hydrogen) atoms. The molecule has 7 rings (SSSR count). The van der Waals surface area contributed by atoms with Gasteiger partial charge in [0.15, 0.2) is 0 Å². The predicted molar refractivity (Wildman–Crippen MR) is 182 cm³/mol. The number of carbonyl (C=O) groups is 1. The van der Waals surface area contributed by atoms with E-state index < -0.39 is 0 Å². The number of hydrogen-bond acceptors (Lipinski definition) is 5. The van der Waals surface area contributed by atoms with Gasteiger partial charge in [0.1, 0.15) is 23.9 Å². The highest BCUT2D eigenvalue weighted by atomic mass is 35.5. The van der Waals surface area contributed by atoms with Crippen molar-refractivity contribution in [2.24, 2.45) is 0 Å². The molecule has 4 heterocycles. The number of rotatable bonds is 13. The first-order chi connectivity index (χ1) is 22.2. The average molecular weight is 668 g/mol. The number of ether oxygens (including phenoxy) is 2. The molecule has 2 bridgehead atoms. The SMILES string of the molecule is CC(C)Oc1cccc2c(C(=O)NCc3ccc(Cl)c(Cl)c3)cn(CCCN3C[C@@H]4CC[C@H]3CN4CCOc3ccc(F)cc3)c12. The largest absolute Gasteiger partial charge is 0.492 e. The Kier molecular flexibility index (Phi) is 10.4. The van der Waals surface area contributed by atoms with E-state index in [9.17, 15) is 9.18 Å². The minimum absolute atomic E-state index is 0.00816. The molecule has 0 radical (unpaired) electrons. The fourth-order valence-electron chi connectivity index (χ4n) is 6.77. The maximum atomic E-state index is 13.5. The van der Waals surface area contributed by atoms with Crippen molar-refractivity contribution in [3.8, 4) is 11.5 Å². The number of carbonyl (C=O) groups excluding carboxylic acids is 1. The monoisotopic (exact) mass is 666 g/mol. The van der Waals surface area contributed by atoms with Gasteiger partial charge in [0.25, 0.3) is 5.91 Å². The molecule has 3 aromatic carbocycles. The van der Waals surface area contributed by atoms with Crippen molar-refractivity contribution in [2.45, 2.75) is 64.4 Å². The van der Waals surface area contributed by atoms with Crippen LogP contribution >= 0.6 is 23.2 Å². The Morgan fingerprint density at radius 2 is 1.70 bits per heavy atom. The van der Waals surface area contributed by atoms with Crippen LogP contribution in [-0.2, 0) is 13.1 Å². The fraction of sp³-hybridized carbons (Fsp3) is 0.417. The van der Waals surface area contributed by atoms with Crippen LogP contribution in [-0.4, -0.2) is 71.2 Å². The summed E-state index contributed by atoms with van der Waals surface area (Å²) in [6.07, 6.45) is 5.35. The lowest BCUT2D eigenvalue weighted by Crippen LogP contribution is -2.63. The number of piperazine rings is 1. The molecule has 0 aliphatic carbocycles. The van der Waals surface area contributed by atoms with Gasteiger partial charge in [-0.1, -0.05) is 41.4 Å². The molecule has 7 nitrogen and oxygen atoms in total. The topological polar surface area (TPSA) is 59.0 Å². The maximum absolute atomic E-state index is 13.5. The van der Waals surface area contributed by atoms with Crippen LogP contribution in [0.25, 0.3) is 10.9 Å². The Labute approximate surface area is 280 Å². The summed E-state index contributed by atoms with van der Waals surface area (Å²) in [5.41, 5.74) is 2.45. The van der Waals surface area contributed by atoms with E-state index in [2.05, 4.69) is 19.7 Å². The standard InChI is InChI=1S/C36H41Cl2FN4O3/c1-24(2)46-34-6-3-5-30-31(36(44)40-20-25-7-14-32(37)33(38)19-25)23-43(35(30)34)16-4-15-41-21-28-11-10-27(41)22-42(28)17-18-45-29-12-8-26(39)9-13-29/h3,5-9,12-14,19,23-24,27-28H,4,10-11,15-18,20-22H2,1-2H3,(H,40,44)/t27-,28-/m0/s1. The number of para-hydroxylation sites is 1. The minimum atomic E-state index is -0.252. The Bertz CT molecular complexity index is 1660. The Morgan fingerprint density at radius 1 is 0.957 bits per heavy atom. The number of hydrogen-bond donors (Lipinski definition) is 1. The van der Waals surface area contributed by atoms with Crippen LogP contribution in [0.15, 0.2) is 66.9 Å². The van der Waals surface area contributed by atoms with Gasteiger partial charge in [-0.25, -0.2) is 4.39 Å². The van der Waals surface area contributed by atoms with Crippen molar-refractivity contribution in [3.63, 3.8) is 0 Å². The maximum Gasteiger partial charge on any atom is 0.253 e. The molecule has 2 atom stereocenters. The van der Waals surface area contributed by atoms with E-state index in [4.69, 9.17) is 32.7 Å². The number of halogens is 3. The van der Waals surface area contributed by atoms with Crippen LogP contribution in [0.1, 0.15) is 49.0 Å². The van der Waals surface area contributed by atoms with Crippen molar-refractivity contribution in [1.29, 1.82) is 0 Å². The lowest BCUT2D eigenvalue weighted by Gasteiger charge is -2.51. The zero-order chi connectivity index (χ0) is 32.2. The molecular weight excluding hydrogens is 626 g/mol. The lowest BCUT2D eigenvalue weighted by atomic mass is 9.90. The molecule has 1 aromatic heterocycles. The first-order valence-electron chi connectivity index (χ1n) is 16.1. The third kappa shape index (κ3) is 7.63. The molecule has 3 aliphatic heterocycles. The van der Waals surface area contributed by atoms with Crippen molar-refractivity contribution in [2.75, 3.05) is 32.8 Å². The Morgan fingerprint density at radius 3 is 2.39 bits per heavy atom. The van der Waals surface area contributed by atoms with E-state index in [1.165, 1.54) is 25.0 Å². The predicted octanol–water partition coefficient (Wildman–Crippen LogP) is 7.42. The van der Waals surface area contributed by atoms with Gasteiger partial charge in [0, 0.05) is 62.9 Å². The summed E-state index contributed by atoms with van der Waals surface area (Å²) in [6, 6.07) is 18.6. The lowest BCUT2D eigenvalue weighted by molar-refractivity contribution is -0.0259. The molecule has 3 fully saturated rings. The normalized spacial score (nSPS) is 18.4. The summed E-state index contributed by atoms with van der Waals surface area (Å²) in [5.74, 6) is 1.09. The van der Waals surface area contributed by atoms with E-state index in [1.807, 2.05) is 44.3 Å². The quantitative estimate of drug-likeness (QED) is 0.161. The number of fused-ring (bicyclic) bond motifs is 4. The summed E-state index contributed by atoms with van der Waals surface area (Å²) in [6.45, 7) is 9.71. The van der Waals surface area contributed by atoms with Gasteiger partial charge < -0.3 is 19.4 Å². The third-order valence-corrected chi connectivity index (χ3v) is 9.71. The highest BCUT2D eigenvalue weighted by molar-refractivity contribution is 6.42. The number of piperidine rings is 2. The fourth-order valence-corrected chi connectivity index (χ4v) is 7.09. The van der Waals surface area contributed by atoms with Crippen molar-refractivity contribution >= 4 is 40.0 Å². The van der Waals surface area contributed by atoms with E-state index in [1.54, 1.807) is 24.3 Å². The number of benzene rings is 3. The smallest absolute Gasteiger partial charge is 0.253 e. The second-order valence-corrected chi connectivity index (χ2v) is 13.3. The number of amides is 1. The van der Waals surface area contributed by atoms with Gasteiger partial charge in [0.2, 0.25) is 0 Å². The van der Waals surface area contributed by atoms with E-state index in [-0.39, 0.29) is 17.8 Å². The summed E-state index contributed by atoms with van der Waals surface area (Å²) >= 11 is 12.2. The van der Waals surface area contributed by atoms with Crippen molar-refractivity contribution in [1.82, 2.24) is 19.7 Å². The molecule has 3 aliphatic rings. The molecule has 3 saturated heterocycles. The van der Waals surface area contributed by atoms with E-state index in [0.29, 0.717) is 46.6 Å². The van der Waals surface area contributed by atoms with Gasteiger partial charge in [-0.05, 0) is 81.1 Å². The summed E-state index contributed by atoms with van der Waals surface area (Å²) in [4.78, 5) is 18.7. The van der Waals surface area contributed by atoms with Crippen LogP contribution in [0, 0.1) is 5.82 Å². The van der Waals surface area contributed by atoms with Gasteiger partial charge in [-0.15, -0.1) is 0 Å². The molecule has 1 N–H and O–H groups in total. The van der Waals surface area contributed by atoms with Gasteiger partial charge in [-0.2, -0.15) is 0 Å². The van der Waals surface area contributed by atoms with Crippen LogP contribution in [0.5, 0.6) is 11.5 Å². The second-order valence-electron chi connectivity index (χ2n) is 12.5. The molecule has 0 saturated carbocycles. The minimum Gasteiger partial charge on any atom is -0.492 e. The molecule has 4 aromatic rings. The zero-order valence-electron chi connectivity index (χ0n) is 26.4. The Hall–Kier alpha value is -3.30. The number of nitrogens with one attached hydrogen (secondary N) is 1. The van der Waals surface area contributed by atoms with Crippen LogP contribution in [0.4, 0.5) is 4.39 Å². The van der Waals surface area contributed by atoms with Crippen LogP contribution < -0.4 is 14.8 Å². The van der Waals surface area contributed by atoms with E-state index >= 15 is 0 Å². The molecule has 1 amide bonds. The third-order valence-electron chi connectivity index (χ3n) is 8.97. The number of aromatic nitrogens is 1. The summed E-state index contributed by atoms with van der Waals surface area (Å²) < 4.78 is 27.5. The summed E-state index contributed by atoms with van der Waals surface area (Å²) in [5, 5.41) is 4.88. The number of aryl methyl sites for hydroxylation is 1. The zero-order valence-corrected chi connectivity index (χ0v) is 27.9. The van der Waals surface area contributed by atoms with Crippen molar-refractivity contribution in [3.05, 3.63) is 93.8 Å². The highest BCUT2D eigenvalue weighted by Crippen LogP contribution is 2.32. The molecule has 244 valence electrons. The van der Waals surface area contributed by atoms with Crippen LogP contribution in [0.2, 0.25) is 10.0 Å². The second kappa shape index (κ2) is 14.6. The van der Waals surface area contributed by atoms with Gasteiger partial charge >= 0.3 is 0 Å². The molecule has 0 spiro atoms.